The Labute approximate surface area is 210 Å². The molecule has 0 atom stereocenters. The summed E-state index contributed by atoms with van der Waals surface area (Å²) in [6.45, 7) is 1.66. The van der Waals surface area contributed by atoms with Crippen molar-refractivity contribution in [2.45, 2.75) is 77.6 Å². The Morgan fingerprint density at radius 1 is 0.971 bits per heavy atom. The second-order valence-corrected chi connectivity index (χ2v) is 9.45. The third kappa shape index (κ3) is 8.75. The molecule has 0 heterocycles. The molecule has 5 nitrogen and oxygen atoms in total. The minimum Gasteiger partial charge on any atom is -0.480 e. The number of ether oxygens (including phenoxy) is 1. The van der Waals surface area contributed by atoms with Gasteiger partial charge in [0.15, 0.2) is 6.61 Å². The molecule has 0 aliphatic heterocycles. The fourth-order valence-electron chi connectivity index (χ4n) is 4.02. The average Bonchev–Trinajstić information content (AvgIpc) is 2.79. The van der Waals surface area contributed by atoms with Crippen LogP contribution < -0.4 is 10.5 Å². The van der Waals surface area contributed by atoms with E-state index in [1.54, 1.807) is 12.1 Å². The second kappa shape index (κ2) is 14.8. The van der Waals surface area contributed by atoms with Gasteiger partial charge in [-0.1, -0.05) is 76.8 Å². The van der Waals surface area contributed by atoms with E-state index in [4.69, 9.17) is 15.6 Å². The van der Waals surface area contributed by atoms with Crippen LogP contribution in [0.5, 0.6) is 5.75 Å². The molecule has 2 aromatic rings. The highest BCUT2D eigenvalue weighted by atomic mass is 79.9. The Hall–Kier alpha value is -2.41. The van der Waals surface area contributed by atoms with Crippen molar-refractivity contribution in [3.05, 3.63) is 51.7 Å². The van der Waals surface area contributed by atoms with Crippen molar-refractivity contribution in [1.29, 1.82) is 0 Å². The molecular formula is C27H35BrFNO4. The zero-order valence-electron chi connectivity index (χ0n) is 19.9. The number of benzene rings is 2. The standard InChI is InChI=1S/C27H35BrFNO4/c1-2-3-4-5-6-7-8-9-10-11-13-19-16-22(26(23(28)17-19)34-18-24(31)32)20-14-12-15-21(25(20)29)27(30)33/h12,14-17H,2-11,13,18H2,1H3,(H2,30,33)(H,31,32). The minimum absolute atomic E-state index is 0.141. The van der Waals surface area contributed by atoms with Gasteiger partial charge in [0.2, 0.25) is 0 Å². The molecule has 0 aliphatic rings. The smallest absolute Gasteiger partial charge is 0.341 e. The zero-order valence-corrected chi connectivity index (χ0v) is 21.5. The largest absolute Gasteiger partial charge is 0.480 e. The lowest BCUT2D eigenvalue weighted by atomic mass is 9.96. The van der Waals surface area contributed by atoms with Gasteiger partial charge in [-0.3, -0.25) is 4.79 Å². The molecule has 1 amide bonds. The zero-order chi connectivity index (χ0) is 24.9. The normalized spacial score (nSPS) is 10.9. The highest BCUT2D eigenvalue weighted by Gasteiger charge is 2.20. The van der Waals surface area contributed by atoms with Gasteiger partial charge < -0.3 is 15.6 Å². The summed E-state index contributed by atoms with van der Waals surface area (Å²) in [6.07, 6.45) is 13.2. The molecule has 0 radical (unpaired) electrons. The first-order chi connectivity index (χ1) is 16.3. The highest BCUT2D eigenvalue weighted by Crippen LogP contribution is 2.40. The van der Waals surface area contributed by atoms with Crippen molar-refractivity contribution in [1.82, 2.24) is 0 Å². The molecule has 186 valence electrons. The maximum atomic E-state index is 15.1. The fraction of sp³-hybridized carbons (Fsp3) is 0.481. The van der Waals surface area contributed by atoms with E-state index in [0.29, 0.717) is 10.0 Å². The molecule has 0 fully saturated rings. The van der Waals surface area contributed by atoms with E-state index in [0.717, 1.165) is 24.8 Å². The van der Waals surface area contributed by atoms with Gasteiger partial charge in [0.1, 0.15) is 11.6 Å². The topological polar surface area (TPSA) is 89.6 Å². The third-order valence-corrected chi connectivity index (χ3v) is 6.41. The lowest BCUT2D eigenvalue weighted by Crippen LogP contribution is -2.14. The van der Waals surface area contributed by atoms with Crippen LogP contribution in [0.2, 0.25) is 0 Å². The number of amides is 1. The van der Waals surface area contributed by atoms with Crippen molar-refractivity contribution in [3.63, 3.8) is 0 Å². The molecular weight excluding hydrogens is 501 g/mol. The Morgan fingerprint density at radius 2 is 1.59 bits per heavy atom. The van der Waals surface area contributed by atoms with Crippen molar-refractivity contribution in [3.8, 4) is 16.9 Å². The van der Waals surface area contributed by atoms with Gasteiger partial charge in [-0.2, -0.15) is 0 Å². The predicted octanol–water partition coefficient (Wildman–Crippen LogP) is 7.28. The van der Waals surface area contributed by atoms with Crippen LogP contribution in [0, 0.1) is 5.82 Å². The highest BCUT2D eigenvalue weighted by molar-refractivity contribution is 9.10. The molecule has 3 N–H and O–H groups in total. The first-order valence-electron chi connectivity index (χ1n) is 12.1. The van der Waals surface area contributed by atoms with Crippen LogP contribution in [0.15, 0.2) is 34.8 Å². The van der Waals surface area contributed by atoms with Crippen LogP contribution in [-0.4, -0.2) is 23.6 Å². The third-order valence-electron chi connectivity index (χ3n) is 5.82. The summed E-state index contributed by atoms with van der Waals surface area (Å²) in [5.74, 6) is -2.54. The number of aliphatic carboxylic acids is 1. The Bertz CT molecular complexity index is 964. The van der Waals surface area contributed by atoms with Gasteiger partial charge in [-0.25, -0.2) is 9.18 Å². The average molecular weight is 536 g/mol. The molecule has 0 aromatic heterocycles. The number of carboxylic acid groups (broad SMARTS) is 1. The number of aryl methyl sites for hydroxylation is 1. The number of carboxylic acids is 1. The van der Waals surface area contributed by atoms with E-state index in [1.807, 2.05) is 6.07 Å². The first-order valence-corrected chi connectivity index (χ1v) is 12.9. The number of hydrogen-bond donors (Lipinski definition) is 2. The maximum absolute atomic E-state index is 15.1. The molecule has 0 aliphatic carbocycles. The van der Waals surface area contributed by atoms with Crippen molar-refractivity contribution < 1.29 is 23.8 Å². The number of rotatable bonds is 16. The van der Waals surface area contributed by atoms with Crippen molar-refractivity contribution >= 4 is 27.8 Å². The summed E-state index contributed by atoms with van der Waals surface area (Å²) in [7, 11) is 0. The summed E-state index contributed by atoms with van der Waals surface area (Å²) in [6, 6.07) is 8.08. The van der Waals surface area contributed by atoms with E-state index >= 15 is 4.39 Å². The van der Waals surface area contributed by atoms with Gasteiger partial charge in [-0.05, 0) is 52.5 Å². The summed E-state index contributed by atoms with van der Waals surface area (Å²) < 4.78 is 21.1. The molecule has 0 unspecified atom stereocenters. The number of halogens is 2. The van der Waals surface area contributed by atoms with Crippen LogP contribution >= 0.6 is 15.9 Å². The van der Waals surface area contributed by atoms with Crippen LogP contribution in [0.25, 0.3) is 11.1 Å². The Balaban J connectivity index is 2.10. The summed E-state index contributed by atoms with van der Waals surface area (Å²) in [5, 5.41) is 9.04. The Kier molecular flexibility index (Phi) is 12.1. The number of unbranched alkanes of at least 4 members (excludes halogenated alkanes) is 9. The quantitative estimate of drug-likeness (QED) is 0.221. The van der Waals surface area contributed by atoms with Gasteiger partial charge in [-0.15, -0.1) is 0 Å². The van der Waals surface area contributed by atoms with Gasteiger partial charge in [0.25, 0.3) is 5.91 Å². The summed E-state index contributed by atoms with van der Waals surface area (Å²) >= 11 is 3.45. The van der Waals surface area contributed by atoms with E-state index in [9.17, 15) is 9.59 Å². The lowest BCUT2D eigenvalue weighted by Gasteiger charge is -2.16. The van der Waals surface area contributed by atoms with Crippen molar-refractivity contribution in [2.24, 2.45) is 5.73 Å². The van der Waals surface area contributed by atoms with E-state index in [2.05, 4.69) is 22.9 Å². The van der Waals surface area contributed by atoms with Gasteiger partial charge in [0, 0.05) is 11.1 Å². The minimum atomic E-state index is -1.14. The monoisotopic (exact) mass is 535 g/mol. The Morgan fingerprint density at radius 3 is 2.18 bits per heavy atom. The SMILES string of the molecule is CCCCCCCCCCCCc1cc(Br)c(OCC(=O)O)c(-c2cccc(C(N)=O)c2F)c1. The van der Waals surface area contributed by atoms with Crippen LogP contribution in [0.1, 0.15) is 87.1 Å². The summed E-state index contributed by atoms with van der Waals surface area (Å²) in [4.78, 5) is 22.7. The van der Waals surface area contributed by atoms with Gasteiger partial charge in [0.05, 0.1) is 10.0 Å². The number of hydrogen-bond acceptors (Lipinski definition) is 3. The first kappa shape index (κ1) is 27.8. The molecule has 0 spiro atoms. The molecule has 34 heavy (non-hydrogen) atoms. The summed E-state index contributed by atoms with van der Waals surface area (Å²) in [5.41, 5.74) is 6.59. The number of carbonyl (C=O) groups is 2. The molecule has 7 heteroatoms. The van der Waals surface area contributed by atoms with Gasteiger partial charge >= 0.3 is 5.97 Å². The number of nitrogens with two attached hydrogens (primary N) is 1. The fourth-order valence-corrected chi connectivity index (χ4v) is 4.64. The molecule has 2 aromatic carbocycles. The predicted molar refractivity (Wildman–Crippen MR) is 137 cm³/mol. The number of primary amides is 1. The molecule has 0 saturated heterocycles. The lowest BCUT2D eigenvalue weighted by molar-refractivity contribution is -0.139. The van der Waals surface area contributed by atoms with E-state index in [1.165, 1.54) is 63.5 Å². The van der Waals surface area contributed by atoms with E-state index in [-0.39, 0.29) is 16.9 Å². The second-order valence-electron chi connectivity index (χ2n) is 8.60. The maximum Gasteiger partial charge on any atom is 0.341 e. The van der Waals surface area contributed by atoms with Crippen LogP contribution in [0.4, 0.5) is 4.39 Å². The van der Waals surface area contributed by atoms with Crippen LogP contribution in [0.3, 0.4) is 0 Å². The van der Waals surface area contributed by atoms with Crippen molar-refractivity contribution in [2.75, 3.05) is 6.61 Å². The van der Waals surface area contributed by atoms with E-state index < -0.39 is 24.3 Å². The number of carbonyl (C=O) groups excluding carboxylic acids is 1. The molecule has 0 bridgehead atoms. The molecule has 2 rings (SSSR count). The molecule has 0 saturated carbocycles. The van der Waals surface area contributed by atoms with Crippen LogP contribution in [-0.2, 0) is 11.2 Å².